The van der Waals surface area contributed by atoms with Crippen molar-refractivity contribution in [2.75, 3.05) is 10.2 Å². The summed E-state index contributed by atoms with van der Waals surface area (Å²) in [5.41, 5.74) is 2.04. The Labute approximate surface area is 145 Å². The lowest BCUT2D eigenvalue weighted by Gasteiger charge is -2.17. The number of aryl methyl sites for hydroxylation is 1. The minimum absolute atomic E-state index is 0.0116. The predicted molar refractivity (Wildman–Crippen MR) is 93.7 cm³/mol. The molecule has 3 rings (SSSR count). The van der Waals surface area contributed by atoms with Crippen molar-refractivity contribution in [1.82, 2.24) is 0 Å². The van der Waals surface area contributed by atoms with E-state index in [4.69, 9.17) is 0 Å². The Bertz CT molecular complexity index is 830. The monoisotopic (exact) mass is 338 g/mol. The Morgan fingerprint density at radius 1 is 1.16 bits per heavy atom. The molecule has 1 atom stereocenters. The maximum atomic E-state index is 12.7. The van der Waals surface area contributed by atoms with E-state index in [2.05, 4.69) is 5.32 Å². The van der Waals surface area contributed by atoms with Gasteiger partial charge in [-0.1, -0.05) is 31.2 Å². The van der Waals surface area contributed by atoms with E-state index in [9.17, 15) is 19.5 Å². The fraction of sp³-hybridized carbons (Fsp3) is 0.211. The van der Waals surface area contributed by atoms with Crippen LogP contribution >= 0.6 is 0 Å². The van der Waals surface area contributed by atoms with Gasteiger partial charge >= 0.3 is 5.97 Å². The first-order valence-electron chi connectivity index (χ1n) is 8.06. The Balaban J connectivity index is 1.83. The lowest BCUT2D eigenvalue weighted by molar-refractivity contribution is -0.121. The Morgan fingerprint density at radius 2 is 1.84 bits per heavy atom. The third kappa shape index (κ3) is 3.24. The van der Waals surface area contributed by atoms with Crippen molar-refractivity contribution < 1.29 is 19.5 Å². The molecule has 2 N–H and O–H groups in total. The Kier molecular flexibility index (Phi) is 4.52. The van der Waals surface area contributed by atoms with Gasteiger partial charge in [-0.2, -0.15) is 0 Å². The normalized spacial score (nSPS) is 17.0. The van der Waals surface area contributed by atoms with Crippen LogP contribution in [0, 0.1) is 0 Å². The van der Waals surface area contributed by atoms with Crippen LogP contribution in [-0.4, -0.2) is 28.9 Å². The second-order valence-electron chi connectivity index (χ2n) is 5.84. The fourth-order valence-corrected chi connectivity index (χ4v) is 2.88. The van der Waals surface area contributed by atoms with Crippen molar-refractivity contribution in [3.8, 4) is 0 Å². The number of hydrogen-bond acceptors (Lipinski definition) is 4. The first-order chi connectivity index (χ1) is 12.0. The van der Waals surface area contributed by atoms with E-state index in [1.807, 2.05) is 19.1 Å². The Morgan fingerprint density at radius 3 is 2.48 bits per heavy atom. The number of nitrogens with zero attached hydrogens (tertiary/aromatic N) is 1. The molecule has 2 aromatic carbocycles. The molecule has 1 aliphatic rings. The summed E-state index contributed by atoms with van der Waals surface area (Å²) < 4.78 is 0. The zero-order valence-corrected chi connectivity index (χ0v) is 13.7. The fourth-order valence-electron chi connectivity index (χ4n) is 2.88. The quantitative estimate of drug-likeness (QED) is 0.819. The maximum Gasteiger partial charge on any atom is 0.337 e. The molecule has 0 spiro atoms. The third-order valence-electron chi connectivity index (χ3n) is 4.24. The van der Waals surface area contributed by atoms with Gasteiger partial charge in [0.15, 0.2) is 0 Å². The number of carboxylic acid groups (broad SMARTS) is 1. The zero-order chi connectivity index (χ0) is 18.0. The van der Waals surface area contributed by atoms with Gasteiger partial charge in [-0.25, -0.2) is 9.69 Å². The molecule has 1 fully saturated rings. The highest BCUT2D eigenvalue weighted by molar-refractivity contribution is 6.23. The standard InChI is InChI=1S/C19H18N2O4/c1-2-12-7-9-13(10-8-12)21-17(22)11-16(18(21)23)20-15-6-4-3-5-14(15)19(24)25/h3-10,16,20H,2,11H2,1H3,(H,24,25). The van der Waals surface area contributed by atoms with Crippen LogP contribution in [0.4, 0.5) is 11.4 Å². The van der Waals surface area contributed by atoms with Gasteiger partial charge < -0.3 is 10.4 Å². The molecule has 0 aromatic heterocycles. The summed E-state index contributed by atoms with van der Waals surface area (Å²) in [6.45, 7) is 2.03. The van der Waals surface area contributed by atoms with Crippen LogP contribution in [0.15, 0.2) is 48.5 Å². The molecule has 1 aliphatic heterocycles. The predicted octanol–water partition coefficient (Wildman–Crippen LogP) is 2.69. The first kappa shape index (κ1) is 16.7. The molecule has 1 unspecified atom stereocenters. The third-order valence-corrected chi connectivity index (χ3v) is 4.24. The number of nitrogens with one attached hydrogen (secondary N) is 1. The number of carbonyl (C=O) groups is 3. The number of hydrogen-bond donors (Lipinski definition) is 2. The van der Waals surface area contributed by atoms with E-state index in [0.717, 1.165) is 16.9 Å². The van der Waals surface area contributed by atoms with E-state index in [0.29, 0.717) is 11.4 Å². The number of anilines is 2. The number of aromatic carboxylic acids is 1. The van der Waals surface area contributed by atoms with Crippen LogP contribution in [0.5, 0.6) is 0 Å². The van der Waals surface area contributed by atoms with E-state index >= 15 is 0 Å². The molecule has 2 aromatic rings. The molecule has 6 nitrogen and oxygen atoms in total. The summed E-state index contributed by atoms with van der Waals surface area (Å²) in [7, 11) is 0. The largest absolute Gasteiger partial charge is 0.478 e. The SMILES string of the molecule is CCc1ccc(N2C(=O)CC(Nc3ccccc3C(=O)O)C2=O)cc1. The highest BCUT2D eigenvalue weighted by Crippen LogP contribution is 2.26. The van der Waals surface area contributed by atoms with Crippen molar-refractivity contribution in [3.63, 3.8) is 0 Å². The average Bonchev–Trinajstić information content (AvgIpc) is 2.89. The maximum absolute atomic E-state index is 12.7. The van der Waals surface area contributed by atoms with Gasteiger partial charge in [0.1, 0.15) is 6.04 Å². The molecule has 6 heteroatoms. The van der Waals surface area contributed by atoms with Crippen LogP contribution in [0.1, 0.15) is 29.3 Å². The van der Waals surface area contributed by atoms with E-state index < -0.39 is 12.0 Å². The summed E-state index contributed by atoms with van der Waals surface area (Å²) in [5.74, 6) is -1.78. The number of amides is 2. The highest BCUT2D eigenvalue weighted by Gasteiger charge is 2.39. The molecule has 25 heavy (non-hydrogen) atoms. The second-order valence-corrected chi connectivity index (χ2v) is 5.84. The van der Waals surface area contributed by atoms with Crippen LogP contribution < -0.4 is 10.2 Å². The first-order valence-corrected chi connectivity index (χ1v) is 8.06. The molecule has 1 saturated heterocycles. The smallest absolute Gasteiger partial charge is 0.337 e. The van der Waals surface area contributed by atoms with Gasteiger partial charge in [-0.15, -0.1) is 0 Å². The molecule has 0 bridgehead atoms. The van der Waals surface area contributed by atoms with E-state index in [1.165, 1.54) is 6.07 Å². The average molecular weight is 338 g/mol. The van der Waals surface area contributed by atoms with Crippen molar-refractivity contribution in [3.05, 3.63) is 59.7 Å². The van der Waals surface area contributed by atoms with Gasteiger partial charge in [0.2, 0.25) is 5.91 Å². The summed E-state index contributed by atoms with van der Waals surface area (Å²) in [6.07, 6.45) is 0.862. The van der Waals surface area contributed by atoms with E-state index in [-0.39, 0.29) is 23.8 Å². The molecular weight excluding hydrogens is 320 g/mol. The van der Waals surface area contributed by atoms with Crippen molar-refractivity contribution in [2.45, 2.75) is 25.8 Å². The second kappa shape index (κ2) is 6.76. The van der Waals surface area contributed by atoms with Gasteiger partial charge in [0, 0.05) is 5.69 Å². The molecule has 1 heterocycles. The number of para-hydroxylation sites is 1. The minimum Gasteiger partial charge on any atom is -0.478 e. The van der Waals surface area contributed by atoms with Crippen LogP contribution in [0.3, 0.4) is 0 Å². The summed E-state index contributed by atoms with van der Waals surface area (Å²) in [5, 5.41) is 12.1. The molecule has 2 amide bonds. The van der Waals surface area contributed by atoms with Gasteiger partial charge in [0.05, 0.1) is 17.7 Å². The van der Waals surface area contributed by atoms with Crippen LogP contribution in [0.2, 0.25) is 0 Å². The van der Waals surface area contributed by atoms with Gasteiger partial charge in [-0.05, 0) is 36.2 Å². The number of carboxylic acids is 1. The summed E-state index contributed by atoms with van der Waals surface area (Å²) in [4.78, 5) is 37.4. The van der Waals surface area contributed by atoms with Crippen molar-refractivity contribution >= 4 is 29.2 Å². The molecule has 0 aliphatic carbocycles. The highest BCUT2D eigenvalue weighted by atomic mass is 16.4. The number of imide groups is 1. The molecule has 128 valence electrons. The molecular formula is C19H18N2O4. The van der Waals surface area contributed by atoms with Gasteiger partial charge in [0.25, 0.3) is 5.91 Å². The van der Waals surface area contributed by atoms with Crippen LogP contribution in [0.25, 0.3) is 0 Å². The molecule has 0 radical (unpaired) electrons. The Hall–Kier alpha value is -3.15. The summed E-state index contributed by atoms with van der Waals surface area (Å²) in [6, 6.07) is 12.8. The zero-order valence-electron chi connectivity index (χ0n) is 13.7. The topological polar surface area (TPSA) is 86.7 Å². The van der Waals surface area contributed by atoms with Crippen LogP contribution in [-0.2, 0) is 16.0 Å². The van der Waals surface area contributed by atoms with Gasteiger partial charge in [-0.3, -0.25) is 9.59 Å². The van der Waals surface area contributed by atoms with Crippen molar-refractivity contribution in [2.24, 2.45) is 0 Å². The number of benzene rings is 2. The minimum atomic E-state index is -1.09. The number of carbonyl (C=O) groups excluding carboxylic acids is 2. The molecule has 0 saturated carbocycles. The van der Waals surface area contributed by atoms with E-state index in [1.54, 1.807) is 30.3 Å². The summed E-state index contributed by atoms with van der Waals surface area (Å²) >= 11 is 0. The number of rotatable bonds is 5. The lowest BCUT2D eigenvalue weighted by Crippen LogP contribution is -2.35. The van der Waals surface area contributed by atoms with Crippen molar-refractivity contribution in [1.29, 1.82) is 0 Å². The lowest BCUT2D eigenvalue weighted by atomic mass is 10.1.